The van der Waals surface area contributed by atoms with Gasteiger partial charge in [0.1, 0.15) is 16.5 Å². The van der Waals surface area contributed by atoms with Crippen LogP contribution in [0.25, 0.3) is 21.7 Å². The van der Waals surface area contributed by atoms with Crippen molar-refractivity contribution in [3.8, 4) is 27.4 Å². The monoisotopic (exact) mass is 492 g/mol. The van der Waals surface area contributed by atoms with Crippen LogP contribution in [-0.4, -0.2) is 29.1 Å². The highest BCUT2D eigenvalue weighted by atomic mass is 35.5. The van der Waals surface area contributed by atoms with Crippen molar-refractivity contribution in [1.29, 1.82) is 0 Å². The van der Waals surface area contributed by atoms with Gasteiger partial charge in [-0.15, -0.1) is 11.3 Å². The zero-order valence-corrected chi connectivity index (χ0v) is 20.0. The van der Waals surface area contributed by atoms with E-state index < -0.39 is 5.97 Å². The van der Waals surface area contributed by atoms with Gasteiger partial charge in [0.15, 0.2) is 0 Å². The molecule has 0 spiro atoms. The Kier molecular flexibility index (Phi) is 6.95. The highest BCUT2D eigenvalue weighted by molar-refractivity contribution is 7.15. The van der Waals surface area contributed by atoms with Crippen LogP contribution in [0.4, 0.5) is 0 Å². The van der Waals surface area contributed by atoms with Crippen molar-refractivity contribution in [2.24, 2.45) is 0 Å². The molecule has 3 aromatic carbocycles. The lowest BCUT2D eigenvalue weighted by Crippen LogP contribution is -2.24. The van der Waals surface area contributed by atoms with Crippen LogP contribution in [0.15, 0.2) is 66.7 Å². The van der Waals surface area contributed by atoms with Gasteiger partial charge in [0.2, 0.25) is 0 Å². The molecule has 34 heavy (non-hydrogen) atoms. The van der Waals surface area contributed by atoms with E-state index in [4.69, 9.17) is 16.3 Å². The molecule has 4 aromatic rings. The number of thiazole rings is 1. The van der Waals surface area contributed by atoms with E-state index in [0.29, 0.717) is 16.5 Å². The number of aromatic carboxylic acids is 1. The third kappa shape index (κ3) is 5.11. The average Bonchev–Trinajstić information content (AvgIpc) is 3.24. The number of methoxy groups -OCH3 is 1. The minimum Gasteiger partial charge on any atom is -0.496 e. The lowest BCUT2D eigenvalue weighted by atomic mass is 10.0. The van der Waals surface area contributed by atoms with Gasteiger partial charge < -0.3 is 15.2 Å². The molecule has 1 heterocycles. The van der Waals surface area contributed by atoms with Crippen molar-refractivity contribution >= 4 is 34.8 Å². The number of aromatic nitrogens is 1. The van der Waals surface area contributed by atoms with Crippen molar-refractivity contribution in [3.05, 3.63) is 93.5 Å². The summed E-state index contributed by atoms with van der Waals surface area (Å²) in [6, 6.07) is 19.6. The highest BCUT2D eigenvalue weighted by Crippen LogP contribution is 2.30. The lowest BCUT2D eigenvalue weighted by Gasteiger charge is -2.12. The van der Waals surface area contributed by atoms with Gasteiger partial charge in [-0.1, -0.05) is 41.9 Å². The van der Waals surface area contributed by atoms with E-state index >= 15 is 0 Å². The third-order valence-electron chi connectivity index (χ3n) is 5.27. The Morgan fingerprint density at radius 3 is 2.44 bits per heavy atom. The van der Waals surface area contributed by atoms with Crippen molar-refractivity contribution < 1.29 is 19.4 Å². The molecule has 0 saturated carbocycles. The van der Waals surface area contributed by atoms with Crippen LogP contribution in [0, 0.1) is 6.92 Å². The number of ether oxygens (including phenoxy) is 1. The normalized spacial score (nSPS) is 10.7. The van der Waals surface area contributed by atoms with Crippen LogP contribution in [0.2, 0.25) is 5.02 Å². The standard InChI is InChI=1S/C26H21ClN2O4S/c1-15-23(29-25(34-15)16-6-9-21(27)10-7-16)24(30)28-14-20-13-18(8-11-22(20)33-2)17-4-3-5-19(12-17)26(31)32/h3-13H,14H2,1-2H3,(H,28,30)(H,31,32). The minimum atomic E-state index is -0.987. The number of aryl methyl sites for hydroxylation is 1. The molecule has 0 atom stereocenters. The second kappa shape index (κ2) is 10.1. The zero-order chi connectivity index (χ0) is 24.2. The van der Waals surface area contributed by atoms with Crippen molar-refractivity contribution in [2.45, 2.75) is 13.5 Å². The Morgan fingerprint density at radius 2 is 1.74 bits per heavy atom. The van der Waals surface area contributed by atoms with Crippen LogP contribution in [0.5, 0.6) is 5.75 Å². The molecule has 0 aliphatic rings. The first-order valence-electron chi connectivity index (χ1n) is 10.4. The van der Waals surface area contributed by atoms with Gasteiger partial charge in [-0.2, -0.15) is 0 Å². The van der Waals surface area contributed by atoms with Crippen LogP contribution in [0.3, 0.4) is 0 Å². The van der Waals surface area contributed by atoms with E-state index in [9.17, 15) is 14.7 Å². The molecule has 172 valence electrons. The molecular weight excluding hydrogens is 472 g/mol. The Labute approximate surface area is 205 Å². The predicted octanol–water partition coefficient (Wildman–Crippen LogP) is 6.08. The summed E-state index contributed by atoms with van der Waals surface area (Å²) in [5.41, 5.74) is 3.83. The number of rotatable bonds is 7. The van der Waals surface area contributed by atoms with Crippen LogP contribution >= 0.6 is 22.9 Å². The highest BCUT2D eigenvalue weighted by Gasteiger charge is 2.17. The van der Waals surface area contributed by atoms with E-state index in [1.165, 1.54) is 11.3 Å². The smallest absolute Gasteiger partial charge is 0.335 e. The molecule has 4 rings (SSSR count). The average molecular weight is 493 g/mol. The molecule has 0 unspecified atom stereocenters. The maximum atomic E-state index is 12.9. The van der Waals surface area contributed by atoms with E-state index in [0.717, 1.165) is 32.1 Å². The molecule has 6 nitrogen and oxygen atoms in total. The number of carbonyl (C=O) groups excluding carboxylic acids is 1. The number of hydrogen-bond acceptors (Lipinski definition) is 5. The number of carboxylic acids is 1. The van der Waals surface area contributed by atoms with E-state index in [2.05, 4.69) is 10.3 Å². The molecule has 1 amide bonds. The van der Waals surface area contributed by atoms with E-state index in [1.807, 2.05) is 37.3 Å². The Bertz CT molecular complexity index is 1370. The number of nitrogens with zero attached hydrogens (tertiary/aromatic N) is 1. The summed E-state index contributed by atoms with van der Waals surface area (Å²) < 4.78 is 5.46. The number of benzene rings is 3. The minimum absolute atomic E-state index is 0.207. The van der Waals surface area contributed by atoms with Gasteiger partial charge in [0.25, 0.3) is 5.91 Å². The van der Waals surface area contributed by atoms with Gasteiger partial charge in [-0.25, -0.2) is 9.78 Å². The first kappa shape index (κ1) is 23.5. The van der Waals surface area contributed by atoms with Crippen molar-refractivity contribution in [3.63, 3.8) is 0 Å². The maximum absolute atomic E-state index is 12.9. The molecule has 0 bridgehead atoms. The molecule has 8 heteroatoms. The van der Waals surface area contributed by atoms with E-state index in [1.54, 1.807) is 43.5 Å². The third-order valence-corrected chi connectivity index (χ3v) is 6.54. The quantitative estimate of drug-likeness (QED) is 0.326. The zero-order valence-electron chi connectivity index (χ0n) is 18.5. The number of hydrogen-bond donors (Lipinski definition) is 2. The fourth-order valence-corrected chi connectivity index (χ4v) is 4.55. The molecule has 0 fully saturated rings. The van der Waals surface area contributed by atoms with Gasteiger partial charge in [0.05, 0.1) is 12.7 Å². The topological polar surface area (TPSA) is 88.5 Å². The molecule has 1 aromatic heterocycles. The molecule has 0 aliphatic carbocycles. The number of amides is 1. The summed E-state index contributed by atoms with van der Waals surface area (Å²) in [5, 5.41) is 13.6. The molecule has 0 saturated heterocycles. The fourth-order valence-electron chi connectivity index (χ4n) is 3.51. The summed E-state index contributed by atoms with van der Waals surface area (Å²) in [4.78, 5) is 29.6. The van der Waals surface area contributed by atoms with Crippen LogP contribution in [-0.2, 0) is 6.54 Å². The molecule has 2 N–H and O–H groups in total. The Balaban J connectivity index is 1.55. The van der Waals surface area contributed by atoms with Gasteiger partial charge >= 0.3 is 5.97 Å². The summed E-state index contributed by atoms with van der Waals surface area (Å²) in [6.45, 7) is 2.09. The summed E-state index contributed by atoms with van der Waals surface area (Å²) in [5.74, 6) is -0.649. The number of carbonyl (C=O) groups is 2. The van der Waals surface area contributed by atoms with Gasteiger partial charge in [-0.05, 0) is 54.4 Å². The Hall–Kier alpha value is -3.68. The van der Waals surface area contributed by atoms with Crippen molar-refractivity contribution in [1.82, 2.24) is 10.3 Å². The van der Waals surface area contributed by atoms with Crippen LogP contribution in [0.1, 0.15) is 31.3 Å². The SMILES string of the molecule is COc1ccc(-c2cccc(C(=O)O)c2)cc1CNC(=O)c1nc(-c2ccc(Cl)cc2)sc1C. The van der Waals surface area contributed by atoms with E-state index in [-0.39, 0.29) is 18.0 Å². The molecule has 0 radical (unpaired) electrons. The maximum Gasteiger partial charge on any atom is 0.335 e. The van der Waals surface area contributed by atoms with Crippen molar-refractivity contribution in [2.75, 3.05) is 7.11 Å². The largest absolute Gasteiger partial charge is 0.496 e. The second-order valence-corrected chi connectivity index (χ2v) is 9.17. The number of carboxylic acid groups (broad SMARTS) is 1. The first-order valence-corrected chi connectivity index (χ1v) is 11.6. The summed E-state index contributed by atoms with van der Waals surface area (Å²) in [6.07, 6.45) is 0. The predicted molar refractivity (Wildman–Crippen MR) is 134 cm³/mol. The van der Waals surface area contributed by atoms with Crippen LogP contribution < -0.4 is 10.1 Å². The Morgan fingerprint density at radius 1 is 1.03 bits per heavy atom. The number of nitrogens with one attached hydrogen (secondary N) is 1. The molecule has 0 aliphatic heterocycles. The lowest BCUT2D eigenvalue weighted by molar-refractivity contribution is 0.0696. The number of halogens is 1. The molecular formula is C26H21ClN2O4S. The summed E-state index contributed by atoms with van der Waals surface area (Å²) >= 11 is 7.41. The summed E-state index contributed by atoms with van der Waals surface area (Å²) in [7, 11) is 1.56. The second-order valence-electron chi connectivity index (χ2n) is 7.53. The first-order chi connectivity index (χ1) is 16.4. The fraction of sp³-hybridized carbons (Fsp3) is 0.115. The van der Waals surface area contributed by atoms with Gasteiger partial charge in [0, 0.05) is 27.6 Å². The van der Waals surface area contributed by atoms with Gasteiger partial charge in [-0.3, -0.25) is 4.79 Å².